The van der Waals surface area contributed by atoms with E-state index in [2.05, 4.69) is 0 Å². The summed E-state index contributed by atoms with van der Waals surface area (Å²) in [5.41, 5.74) is 0. The van der Waals surface area contributed by atoms with Gasteiger partial charge in [-0.1, -0.05) is 7.43 Å². The molecule has 0 bridgehead atoms. The highest BCUT2D eigenvalue weighted by molar-refractivity contribution is 3.18. The van der Waals surface area contributed by atoms with Crippen LogP contribution in [0.25, 0.3) is 0 Å². The second-order valence-electron chi connectivity index (χ2n) is 0. The molecule has 2 nitrogen and oxygen atoms in total. The Labute approximate surface area is 27.9 Å². The zero-order chi connectivity index (χ0) is 2.00. The van der Waals surface area contributed by atoms with E-state index in [1.807, 2.05) is 0 Å². The summed E-state index contributed by atoms with van der Waals surface area (Å²) in [5, 5.41) is 7.00. The number of hydrogen-bond donors (Lipinski definition) is 1. The van der Waals surface area contributed by atoms with E-state index in [9.17, 15) is 0 Å². The summed E-state index contributed by atoms with van der Waals surface area (Å²) in [6.07, 6.45) is 0. The molecule has 2 heteroatoms. The van der Waals surface area contributed by atoms with Crippen LogP contribution in [0.2, 0.25) is 0 Å². The van der Waals surface area contributed by atoms with Gasteiger partial charge in [-0.25, -0.2) is 0 Å². The lowest BCUT2D eigenvalue weighted by Crippen LogP contribution is -1.25. The van der Waals surface area contributed by atoms with Crippen molar-refractivity contribution in [1.82, 2.24) is 0 Å². The first-order valence-electron chi connectivity index (χ1n) is 0.447. The number of aliphatic hydroxyl groups is 1. The summed E-state index contributed by atoms with van der Waals surface area (Å²) < 4.78 is 0. The van der Waals surface area contributed by atoms with E-state index in [4.69, 9.17) is 5.11 Å². The minimum absolute atomic E-state index is 0. The molecule has 0 spiro atoms. The molecule has 0 rings (SSSR count). The fourth-order valence-electron chi connectivity index (χ4n) is 0. The number of rotatable bonds is 0. The lowest BCUT2D eigenvalue weighted by atomic mass is 11.8. The molecule has 0 aromatic carbocycles. The van der Waals surface area contributed by atoms with Gasteiger partial charge in [-0.15, -0.1) is 0 Å². The summed E-state index contributed by atoms with van der Waals surface area (Å²) in [7, 11) is 1.00. The molecular formula is C2H11O2+. The van der Waals surface area contributed by atoms with Gasteiger partial charge in [-0.05, 0) is 0 Å². The first-order valence-corrected chi connectivity index (χ1v) is 0.447. The summed E-state index contributed by atoms with van der Waals surface area (Å²) in [6, 6.07) is 0. The SMILES string of the molecule is C.CO.O.[H+]. The molecule has 0 aliphatic carbocycles. The van der Waals surface area contributed by atoms with Crippen LogP contribution in [0.1, 0.15) is 8.85 Å². The predicted octanol–water partition coefficient (Wildman–Crippen LogP) is -0.468. The second kappa shape index (κ2) is 1680. The lowest BCUT2D eigenvalue weighted by Gasteiger charge is -1.21. The molecule has 0 fully saturated rings. The Morgan fingerprint density at radius 2 is 1.50 bits per heavy atom. The second-order valence-corrected chi connectivity index (χ2v) is 0. The van der Waals surface area contributed by atoms with E-state index in [-0.39, 0.29) is 14.3 Å². The highest BCUT2D eigenvalue weighted by Crippen LogP contribution is 0.755. The van der Waals surface area contributed by atoms with E-state index < -0.39 is 0 Å². The Morgan fingerprint density at radius 3 is 1.50 bits per heavy atom. The molecule has 0 radical (unpaired) electrons. The van der Waals surface area contributed by atoms with Crippen molar-refractivity contribution < 1.29 is 12.0 Å². The number of hydrogen-bond acceptors (Lipinski definition) is 1. The molecule has 0 aromatic rings. The third-order valence-electron chi connectivity index (χ3n) is 0. The zero-order valence-corrected chi connectivity index (χ0v) is 1.95. The van der Waals surface area contributed by atoms with Crippen molar-refractivity contribution in [3.8, 4) is 0 Å². The zero-order valence-electron chi connectivity index (χ0n) is 2.95. The van der Waals surface area contributed by atoms with Crippen molar-refractivity contribution in [2.24, 2.45) is 0 Å². The first-order chi connectivity index (χ1) is 1.00. The molecule has 0 amide bonds. The van der Waals surface area contributed by atoms with Gasteiger partial charge in [0.1, 0.15) is 0 Å². The van der Waals surface area contributed by atoms with Gasteiger partial charge in [0, 0.05) is 7.11 Å². The van der Waals surface area contributed by atoms with Crippen molar-refractivity contribution in [1.29, 1.82) is 0 Å². The van der Waals surface area contributed by atoms with Crippen LogP contribution in [0, 0.1) is 0 Å². The Bertz CT molecular complexity index is 7.61. The van der Waals surface area contributed by atoms with Gasteiger partial charge in [0.15, 0.2) is 0 Å². The molecule has 0 heterocycles. The van der Waals surface area contributed by atoms with E-state index in [0.29, 0.717) is 0 Å². The molecule has 0 saturated heterocycles. The summed E-state index contributed by atoms with van der Waals surface area (Å²) >= 11 is 0. The fourth-order valence-corrected chi connectivity index (χ4v) is 0. The van der Waals surface area contributed by atoms with Crippen LogP contribution in [0.5, 0.6) is 0 Å². The standard InChI is InChI=1S/CH4O.CH4.H2O/c1-2;;/h2H,1H3;1H4;1H2/p+1. The van der Waals surface area contributed by atoms with Gasteiger partial charge >= 0.3 is 1.43 Å². The topological polar surface area (TPSA) is 51.7 Å². The average molecular weight is 67.1 g/mol. The molecule has 0 atom stereocenters. The monoisotopic (exact) mass is 67.1 g/mol. The largest absolute Gasteiger partial charge is 1.00 e. The molecular weight excluding hydrogens is 56.0 g/mol. The van der Waals surface area contributed by atoms with Gasteiger partial charge in [0.25, 0.3) is 0 Å². The molecule has 0 unspecified atom stereocenters. The Hall–Kier alpha value is -0.0800. The van der Waals surface area contributed by atoms with Crippen molar-refractivity contribution in [2.75, 3.05) is 7.11 Å². The summed E-state index contributed by atoms with van der Waals surface area (Å²) in [6.45, 7) is 0. The summed E-state index contributed by atoms with van der Waals surface area (Å²) in [4.78, 5) is 0. The maximum absolute atomic E-state index is 7.00. The first kappa shape index (κ1) is 39.5. The third kappa shape index (κ3) is 254. The van der Waals surface area contributed by atoms with E-state index in [1.54, 1.807) is 0 Å². The van der Waals surface area contributed by atoms with Crippen molar-refractivity contribution in [3.05, 3.63) is 0 Å². The van der Waals surface area contributed by atoms with Crippen LogP contribution in [0.15, 0.2) is 0 Å². The summed E-state index contributed by atoms with van der Waals surface area (Å²) in [5.74, 6) is 0. The Kier molecular flexibility index (Phi) is 16600. The molecule has 0 aliphatic rings. The van der Waals surface area contributed by atoms with E-state index in [0.717, 1.165) is 7.11 Å². The minimum Gasteiger partial charge on any atom is -0.412 e. The van der Waals surface area contributed by atoms with Crippen molar-refractivity contribution >= 4 is 0 Å². The predicted molar refractivity (Wildman–Crippen MR) is 19.6 cm³/mol. The van der Waals surface area contributed by atoms with Gasteiger partial charge in [-0.3, -0.25) is 0 Å². The maximum Gasteiger partial charge on any atom is 1.00 e. The van der Waals surface area contributed by atoms with Gasteiger partial charge in [0.05, 0.1) is 0 Å². The molecule has 30 valence electrons. The van der Waals surface area contributed by atoms with Crippen LogP contribution >= 0.6 is 0 Å². The quantitative estimate of drug-likeness (QED) is 0.409. The highest BCUT2D eigenvalue weighted by atomic mass is 16.2. The number of aliphatic hydroxyl groups excluding tert-OH is 1. The molecule has 0 saturated carbocycles. The maximum atomic E-state index is 7.00. The van der Waals surface area contributed by atoms with Crippen LogP contribution in [-0.4, -0.2) is 17.7 Å². The lowest BCUT2D eigenvalue weighted by molar-refractivity contribution is 0.399. The normalized spacial score (nSPS) is 1.50. The molecule has 0 aliphatic heterocycles. The van der Waals surface area contributed by atoms with Crippen LogP contribution in [-0.2, 0) is 0 Å². The van der Waals surface area contributed by atoms with Crippen LogP contribution in [0.3, 0.4) is 0 Å². The van der Waals surface area contributed by atoms with Crippen LogP contribution < -0.4 is 0 Å². The van der Waals surface area contributed by atoms with E-state index in [1.165, 1.54) is 0 Å². The van der Waals surface area contributed by atoms with Gasteiger partial charge in [-0.2, -0.15) is 0 Å². The molecule has 0 aromatic heterocycles. The Balaban J connectivity index is -0.00000000167. The molecule has 3 N–H and O–H groups in total. The van der Waals surface area contributed by atoms with Crippen LogP contribution in [0.4, 0.5) is 0 Å². The third-order valence-corrected chi connectivity index (χ3v) is 0. The minimum atomic E-state index is 0. The highest BCUT2D eigenvalue weighted by Gasteiger charge is 0.839. The fraction of sp³-hybridized carbons (Fsp3) is 1.00. The molecule has 4 heavy (non-hydrogen) atoms. The Morgan fingerprint density at radius 1 is 1.50 bits per heavy atom. The van der Waals surface area contributed by atoms with Crippen molar-refractivity contribution in [2.45, 2.75) is 7.43 Å². The van der Waals surface area contributed by atoms with Gasteiger partial charge in [0.2, 0.25) is 0 Å². The smallest absolute Gasteiger partial charge is 0.412 e. The van der Waals surface area contributed by atoms with E-state index >= 15 is 0 Å². The van der Waals surface area contributed by atoms with Crippen molar-refractivity contribution in [3.63, 3.8) is 0 Å². The average Bonchev–Trinajstić information content (AvgIpc) is 1.00. The van der Waals surface area contributed by atoms with Gasteiger partial charge < -0.3 is 10.6 Å².